The van der Waals surface area contributed by atoms with Crippen molar-refractivity contribution in [1.29, 1.82) is 0 Å². The number of nitrogens with one attached hydrogen (secondary N) is 1. The van der Waals surface area contributed by atoms with Gasteiger partial charge in [-0.25, -0.2) is 8.42 Å². The Labute approximate surface area is 123 Å². The van der Waals surface area contributed by atoms with Crippen LogP contribution in [0.4, 0.5) is 5.69 Å². The second-order valence-corrected chi connectivity index (χ2v) is 7.34. The van der Waals surface area contributed by atoms with E-state index < -0.39 is 16.1 Å². The third-order valence-corrected chi connectivity index (χ3v) is 4.02. The van der Waals surface area contributed by atoms with Gasteiger partial charge in [0.25, 0.3) is 0 Å². The number of halogens is 1. The summed E-state index contributed by atoms with van der Waals surface area (Å²) in [4.78, 5) is 0. The maximum Gasteiger partial charge on any atom is 0.147 e. The number of aliphatic hydroxyl groups is 1. The predicted octanol–water partition coefficient (Wildman–Crippen LogP) is 1.91. The summed E-state index contributed by atoms with van der Waals surface area (Å²) in [5, 5.41) is 12.8. The Bertz CT molecular complexity index is 628. The maximum absolute atomic E-state index is 11.0. The lowest BCUT2D eigenvalue weighted by atomic mass is 10.1. The molecule has 0 bridgehead atoms. The molecule has 5 nitrogen and oxygen atoms in total. The first-order valence-electron chi connectivity index (χ1n) is 6.12. The molecule has 1 atom stereocenters. The highest BCUT2D eigenvalue weighted by molar-refractivity contribution is 7.90. The van der Waals surface area contributed by atoms with Crippen LogP contribution < -0.4 is 10.1 Å². The molecular weight excluding hydrogens is 302 g/mol. The molecule has 2 rings (SSSR count). The average molecular weight is 318 g/mol. The Morgan fingerprint density at radius 2 is 2.20 bits per heavy atom. The molecule has 0 saturated carbocycles. The zero-order valence-electron chi connectivity index (χ0n) is 11.0. The average Bonchev–Trinajstić information content (AvgIpc) is 2.32. The van der Waals surface area contributed by atoms with Gasteiger partial charge in [-0.3, -0.25) is 0 Å². The van der Waals surface area contributed by atoms with Gasteiger partial charge in [-0.05, 0) is 30.7 Å². The summed E-state index contributed by atoms with van der Waals surface area (Å²) >= 11 is 5.99. The molecule has 0 amide bonds. The number of sulfone groups is 1. The normalized spacial score (nSPS) is 17.4. The van der Waals surface area contributed by atoms with Crippen LogP contribution in [0, 0.1) is 0 Å². The molecule has 1 unspecified atom stereocenters. The van der Waals surface area contributed by atoms with Gasteiger partial charge in [-0.2, -0.15) is 0 Å². The van der Waals surface area contributed by atoms with Crippen LogP contribution in [0.25, 0.3) is 6.08 Å². The Kier molecular flexibility index (Phi) is 4.57. The number of benzene rings is 1. The molecule has 0 radical (unpaired) electrons. The van der Waals surface area contributed by atoms with Crippen molar-refractivity contribution in [3.8, 4) is 5.75 Å². The van der Waals surface area contributed by atoms with Crippen LogP contribution in [0.2, 0.25) is 5.02 Å². The standard InChI is InChI=1S/C13H16ClNO4S/c1-20(17,18)6-2-5-19-12-8-9(14)7-11-10(12)3-4-13(16)15-11/h3-4,7-8,13,15-16H,2,5-6H2,1H3. The molecule has 110 valence electrons. The first kappa shape index (κ1) is 15.2. The van der Waals surface area contributed by atoms with Gasteiger partial charge in [-0.15, -0.1) is 0 Å². The first-order chi connectivity index (χ1) is 9.35. The molecule has 0 saturated heterocycles. The van der Waals surface area contributed by atoms with Gasteiger partial charge in [0.1, 0.15) is 21.8 Å². The number of hydrogen-bond acceptors (Lipinski definition) is 5. The molecule has 0 aromatic heterocycles. The van der Waals surface area contributed by atoms with Crippen molar-refractivity contribution in [3.05, 3.63) is 28.8 Å². The molecule has 1 aromatic rings. The molecule has 1 aliphatic heterocycles. The monoisotopic (exact) mass is 317 g/mol. The minimum atomic E-state index is -2.98. The van der Waals surface area contributed by atoms with Gasteiger partial charge in [0.15, 0.2) is 0 Å². The maximum atomic E-state index is 11.0. The fourth-order valence-electron chi connectivity index (χ4n) is 1.90. The van der Waals surface area contributed by atoms with Crippen LogP contribution in [-0.4, -0.2) is 38.4 Å². The van der Waals surface area contributed by atoms with Gasteiger partial charge < -0.3 is 15.2 Å². The fraction of sp³-hybridized carbons (Fsp3) is 0.385. The van der Waals surface area contributed by atoms with E-state index >= 15 is 0 Å². The van der Waals surface area contributed by atoms with E-state index in [4.69, 9.17) is 16.3 Å². The molecule has 1 aliphatic rings. The van der Waals surface area contributed by atoms with E-state index in [1.807, 2.05) is 0 Å². The lowest BCUT2D eigenvalue weighted by Gasteiger charge is -2.21. The largest absolute Gasteiger partial charge is 0.493 e. The topological polar surface area (TPSA) is 75.6 Å². The second-order valence-electron chi connectivity index (χ2n) is 4.65. The van der Waals surface area contributed by atoms with Crippen molar-refractivity contribution in [2.45, 2.75) is 12.6 Å². The van der Waals surface area contributed by atoms with Crippen LogP contribution in [0.3, 0.4) is 0 Å². The van der Waals surface area contributed by atoms with E-state index in [2.05, 4.69) is 5.32 Å². The zero-order valence-corrected chi connectivity index (χ0v) is 12.5. The summed E-state index contributed by atoms with van der Waals surface area (Å²) in [6.07, 6.45) is 4.21. The van der Waals surface area contributed by atoms with Crippen molar-refractivity contribution in [2.75, 3.05) is 23.9 Å². The van der Waals surface area contributed by atoms with Crippen molar-refractivity contribution >= 4 is 33.2 Å². The second kappa shape index (κ2) is 6.03. The number of aliphatic hydroxyl groups excluding tert-OH is 1. The third kappa shape index (κ3) is 4.13. The van der Waals surface area contributed by atoms with Crippen LogP contribution in [-0.2, 0) is 9.84 Å². The predicted molar refractivity (Wildman–Crippen MR) is 79.9 cm³/mol. The molecule has 2 N–H and O–H groups in total. The molecular formula is C13H16ClNO4S. The fourth-order valence-corrected chi connectivity index (χ4v) is 2.75. The van der Waals surface area contributed by atoms with E-state index in [0.717, 1.165) is 5.56 Å². The minimum Gasteiger partial charge on any atom is -0.493 e. The van der Waals surface area contributed by atoms with Gasteiger partial charge >= 0.3 is 0 Å². The summed E-state index contributed by atoms with van der Waals surface area (Å²) in [6, 6.07) is 3.37. The molecule has 0 aliphatic carbocycles. The van der Waals surface area contributed by atoms with Crippen LogP contribution in [0.1, 0.15) is 12.0 Å². The highest BCUT2D eigenvalue weighted by Crippen LogP contribution is 2.34. The zero-order chi connectivity index (χ0) is 14.8. The summed E-state index contributed by atoms with van der Waals surface area (Å²) in [6.45, 7) is 0.288. The summed E-state index contributed by atoms with van der Waals surface area (Å²) in [5.74, 6) is 0.652. The molecule has 0 fully saturated rings. The smallest absolute Gasteiger partial charge is 0.147 e. The summed E-state index contributed by atoms with van der Waals surface area (Å²) in [7, 11) is -2.98. The van der Waals surface area contributed by atoms with E-state index in [0.29, 0.717) is 22.9 Å². The van der Waals surface area contributed by atoms with Gasteiger partial charge in [0.05, 0.1) is 12.4 Å². The highest BCUT2D eigenvalue weighted by Gasteiger charge is 2.15. The number of hydrogen-bond donors (Lipinski definition) is 2. The van der Waals surface area contributed by atoms with Crippen LogP contribution >= 0.6 is 11.6 Å². The summed E-state index contributed by atoms with van der Waals surface area (Å²) < 4.78 is 27.7. The van der Waals surface area contributed by atoms with Crippen molar-refractivity contribution in [1.82, 2.24) is 0 Å². The molecule has 1 aromatic carbocycles. The lowest BCUT2D eigenvalue weighted by Crippen LogP contribution is -2.19. The Morgan fingerprint density at radius 3 is 2.90 bits per heavy atom. The van der Waals surface area contributed by atoms with Crippen LogP contribution in [0.15, 0.2) is 18.2 Å². The van der Waals surface area contributed by atoms with Crippen LogP contribution in [0.5, 0.6) is 5.75 Å². The van der Waals surface area contributed by atoms with Gasteiger partial charge in [0.2, 0.25) is 0 Å². The van der Waals surface area contributed by atoms with Crippen molar-refractivity contribution in [3.63, 3.8) is 0 Å². The minimum absolute atomic E-state index is 0.0859. The summed E-state index contributed by atoms with van der Waals surface area (Å²) in [5.41, 5.74) is 1.48. The van der Waals surface area contributed by atoms with E-state index in [1.165, 1.54) is 6.26 Å². The molecule has 0 spiro atoms. The molecule has 20 heavy (non-hydrogen) atoms. The van der Waals surface area contributed by atoms with Crippen molar-refractivity contribution in [2.24, 2.45) is 0 Å². The van der Waals surface area contributed by atoms with Gasteiger partial charge in [-0.1, -0.05) is 11.6 Å². The quantitative estimate of drug-likeness (QED) is 0.811. The van der Waals surface area contributed by atoms with Gasteiger partial charge in [0, 0.05) is 22.5 Å². The lowest BCUT2D eigenvalue weighted by molar-refractivity contribution is 0.252. The van der Waals surface area contributed by atoms with E-state index in [1.54, 1.807) is 24.3 Å². The number of fused-ring (bicyclic) bond motifs is 1. The number of rotatable bonds is 5. The Balaban J connectivity index is 2.08. The van der Waals surface area contributed by atoms with E-state index in [9.17, 15) is 13.5 Å². The molecule has 1 heterocycles. The number of anilines is 1. The molecule has 7 heteroatoms. The number of ether oxygens (including phenoxy) is 1. The highest BCUT2D eigenvalue weighted by atomic mass is 35.5. The third-order valence-electron chi connectivity index (χ3n) is 2.77. The van der Waals surface area contributed by atoms with E-state index in [-0.39, 0.29) is 12.4 Å². The van der Waals surface area contributed by atoms with Crippen molar-refractivity contribution < 1.29 is 18.3 Å². The Hall–Kier alpha value is -1.24. The Morgan fingerprint density at radius 1 is 1.45 bits per heavy atom. The first-order valence-corrected chi connectivity index (χ1v) is 8.56. The SMILES string of the molecule is CS(=O)(=O)CCCOc1cc(Cl)cc2c1C=CC(O)N2.